The molecule has 0 spiro atoms. The topological polar surface area (TPSA) is 122 Å². The van der Waals surface area contributed by atoms with E-state index in [0.29, 0.717) is 30.0 Å². The van der Waals surface area contributed by atoms with Gasteiger partial charge in [-0.25, -0.2) is 22.7 Å². The molecule has 0 aliphatic rings. The van der Waals surface area contributed by atoms with Gasteiger partial charge in [0.1, 0.15) is 10.3 Å². The standard InChI is InChI=1S/C27H39N3O6S2/c1-8-28-27(33)29-38(34,35)26-23(15-22(37-26)14-17(3)4)21-12-10-20(11-13-21)16-30(19(7)31)24(18(5)6)25(32)36-9-2/h10-13,15,17-18,24H,8-9,14,16H2,1-7H3,(H2,28,29,33)/t24-/m0/s1. The van der Waals surface area contributed by atoms with Crippen molar-refractivity contribution in [2.45, 2.75) is 71.7 Å². The van der Waals surface area contributed by atoms with Crippen molar-refractivity contribution in [2.24, 2.45) is 11.8 Å². The first kappa shape index (κ1) is 31.3. The van der Waals surface area contributed by atoms with Crippen LogP contribution in [-0.4, -0.2) is 50.4 Å². The van der Waals surface area contributed by atoms with E-state index < -0.39 is 28.1 Å². The zero-order valence-electron chi connectivity index (χ0n) is 23.2. The molecule has 0 radical (unpaired) electrons. The third-order valence-corrected chi connectivity index (χ3v) is 8.71. The number of ether oxygens (including phenoxy) is 1. The molecule has 1 aromatic heterocycles. The van der Waals surface area contributed by atoms with Crippen molar-refractivity contribution in [1.29, 1.82) is 0 Å². The molecule has 1 aromatic carbocycles. The molecule has 2 N–H and O–H groups in total. The van der Waals surface area contributed by atoms with Gasteiger partial charge in [-0.3, -0.25) is 4.79 Å². The fourth-order valence-corrected chi connectivity index (χ4v) is 6.95. The van der Waals surface area contributed by atoms with Crippen LogP contribution in [0.3, 0.4) is 0 Å². The smallest absolute Gasteiger partial charge is 0.329 e. The van der Waals surface area contributed by atoms with E-state index in [0.717, 1.165) is 21.8 Å². The van der Waals surface area contributed by atoms with E-state index in [-0.39, 0.29) is 29.2 Å². The number of sulfonamides is 1. The van der Waals surface area contributed by atoms with E-state index >= 15 is 0 Å². The Bertz CT molecular complexity index is 1220. The first-order valence-electron chi connectivity index (χ1n) is 12.8. The van der Waals surface area contributed by atoms with Crippen LogP contribution in [-0.2, 0) is 37.3 Å². The molecule has 210 valence electrons. The maximum absolute atomic E-state index is 13.1. The van der Waals surface area contributed by atoms with Gasteiger partial charge in [0.05, 0.1) is 6.61 Å². The highest BCUT2D eigenvalue weighted by Gasteiger charge is 2.32. The maximum Gasteiger partial charge on any atom is 0.329 e. The lowest BCUT2D eigenvalue weighted by Gasteiger charge is -2.32. The van der Waals surface area contributed by atoms with Gasteiger partial charge < -0.3 is 15.0 Å². The van der Waals surface area contributed by atoms with Crippen molar-refractivity contribution in [1.82, 2.24) is 14.9 Å². The average molecular weight is 566 g/mol. The fourth-order valence-electron chi connectivity index (χ4n) is 4.07. The minimum absolute atomic E-state index is 0.0692. The van der Waals surface area contributed by atoms with E-state index in [9.17, 15) is 22.8 Å². The zero-order chi connectivity index (χ0) is 28.6. The Morgan fingerprint density at radius 3 is 2.18 bits per heavy atom. The van der Waals surface area contributed by atoms with Gasteiger partial charge in [-0.2, -0.15) is 0 Å². The van der Waals surface area contributed by atoms with E-state index in [1.54, 1.807) is 38.1 Å². The largest absolute Gasteiger partial charge is 0.464 e. The van der Waals surface area contributed by atoms with Crippen LogP contribution in [0.4, 0.5) is 4.79 Å². The van der Waals surface area contributed by atoms with E-state index in [1.165, 1.54) is 11.8 Å². The van der Waals surface area contributed by atoms with E-state index in [1.807, 2.05) is 19.9 Å². The van der Waals surface area contributed by atoms with Crippen molar-refractivity contribution in [3.05, 3.63) is 40.8 Å². The van der Waals surface area contributed by atoms with Crippen LogP contribution in [0.1, 0.15) is 58.9 Å². The van der Waals surface area contributed by atoms with Crippen molar-refractivity contribution < 1.29 is 27.5 Å². The van der Waals surface area contributed by atoms with Crippen molar-refractivity contribution in [3.63, 3.8) is 0 Å². The van der Waals surface area contributed by atoms with E-state index in [4.69, 9.17) is 4.74 Å². The van der Waals surface area contributed by atoms with Gasteiger partial charge in [0, 0.05) is 30.5 Å². The predicted octanol–water partition coefficient (Wildman–Crippen LogP) is 4.56. The number of nitrogens with zero attached hydrogens (tertiary/aromatic N) is 1. The predicted molar refractivity (Wildman–Crippen MR) is 149 cm³/mol. The van der Waals surface area contributed by atoms with Crippen LogP contribution in [0.5, 0.6) is 0 Å². The Hall–Kier alpha value is -2.92. The van der Waals surface area contributed by atoms with Gasteiger partial charge >= 0.3 is 12.0 Å². The highest BCUT2D eigenvalue weighted by atomic mass is 32.2. The number of rotatable bonds is 12. The summed E-state index contributed by atoms with van der Waals surface area (Å²) in [7, 11) is -4.10. The number of carbonyl (C=O) groups excluding carboxylic acids is 3. The molecule has 0 fully saturated rings. The molecule has 9 nitrogen and oxygen atoms in total. The molecule has 0 aliphatic heterocycles. The normalized spacial score (nSPS) is 12.3. The molecule has 0 saturated carbocycles. The summed E-state index contributed by atoms with van der Waals surface area (Å²) in [6.45, 7) is 13.4. The first-order chi connectivity index (χ1) is 17.8. The molecule has 0 aliphatic carbocycles. The van der Waals surface area contributed by atoms with Gasteiger partial charge in [-0.1, -0.05) is 52.0 Å². The Balaban J connectivity index is 2.43. The van der Waals surface area contributed by atoms with Crippen molar-refractivity contribution >= 4 is 39.3 Å². The summed E-state index contributed by atoms with van der Waals surface area (Å²) in [6.07, 6.45) is 0.699. The molecule has 3 amide bonds. The van der Waals surface area contributed by atoms with Gasteiger partial charge in [-0.15, -0.1) is 11.3 Å². The van der Waals surface area contributed by atoms with Crippen LogP contribution >= 0.6 is 11.3 Å². The molecule has 2 aromatic rings. The Kier molecular flexibility index (Phi) is 11.3. The molecule has 38 heavy (non-hydrogen) atoms. The number of carbonyl (C=O) groups is 3. The van der Waals surface area contributed by atoms with Crippen LogP contribution in [0, 0.1) is 11.8 Å². The van der Waals surface area contributed by atoms with Crippen molar-refractivity contribution in [3.8, 4) is 11.1 Å². The molecule has 0 bridgehead atoms. The Morgan fingerprint density at radius 1 is 1.05 bits per heavy atom. The van der Waals surface area contributed by atoms with Gasteiger partial charge in [-0.05, 0) is 49.3 Å². The van der Waals surface area contributed by atoms with Gasteiger partial charge in [0.15, 0.2) is 0 Å². The Morgan fingerprint density at radius 2 is 1.68 bits per heavy atom. The number of benzene rings is 1. The second-order valence-corrected chi connectivity index (χ2v) is 12.8. The zero-order valence-corrected chi connectivity index (χ0v) is 24.8. The number of amides is 3. The lowest BCUT2D eigenvalue weighted by Crippen LogP contribution is -2.47. The summed E-state index contributed by atoms with van der Waals surface area (Å²) in [5.41, 5.74) is 1.95. The fraction of sp³-hybridized carbons (Fsp3) is 0.519. The summed E-state index contributed by atoms with van der Waals surface area (Å²) in [5, 5.41) is 2.45. The molecule has 0 saturated heterocycles. The summed E-state index contributed by atoms with van der Waals surface area (Å²) in [5.74, 6) is -0.518. The molecule has 1 atom stereocenters. The number of hydrogen-bond acceptors (Lipinski definition) is 7. The average Bonchev–Trinajstić information content (AvgIpc) is 3.23. The molecular formula is C27H39N3O6S2. The SMILES string of the molecule is CCNC(=O)NS(=O)(=O)c1sc(CC(C)C)cc1-c1ccc(CN(C(C)=O)[C@H](C(=O)OCC)C(C)C)cc1. The van der Waals surface area contributed by atoms with E-state index in [2.05, 4.69) is 23.9 Å². The third-order valence-electron chi connectivity index (χ3n) is 5.68. The highest BCUT2D eigenvalue weighted by Crippen LogP contribution is 2.36. The molecular weight excluding hydrogens is 526 g/mol. The van der Waals surface area contributed by atoms with Gasteiger partial charge in [0.2, 0.25) is 5.91 Å². The number of urea groups is 1. The van der Waals surface area contributed by atoms with Crippen LogP contribution < -0.4 is 10.0 Å². The second kappa shape index (κ2) is 13.7. The monoisotopic (exact) mass is 565 g/mol. The highest BCUT2D eigenvalue weighted by molar-refractivity contribution is 7.92. The summed E-state index contributed by atoms with van der Waals surface area (Å²) in [6, 6.07) is 7.54. The molecule has 11 heteroatoms. The molecule has 2 rings (SSSR count). The van der Waals surface area contributed by atoms with Crippen LogP contribution in [0.2, 0.25) is 0 Å². The molecule has 0 unspecified atom stereocenters. The molecule has 1 heterocycles. The summed E-state index contributed by atoms with van der Waals surface area (Å²) < 4.78 is 33.6. The van der Waals surface area contributed by atoms with Crippen LogP contribution in [0.25, 0.3) is 11.1 Å². The lowest BCUT2D eigenvalue weighted by atomic mass is 10.0. The summed E-state index contributed by atoms with van der Waals surface area (Å²) in [4.78, 5) is 39.5. The number of esters is 1. The number of hydrogen-bond donors (Lipinski definition) is 2. The first-order valence-corrected chi connectivity index (χ1v) is 15.1. The maximum atomic E-state index is 13.1. The minimum atomic E-state index is -4.10. The Labute approximate surface area is 230 Å². The third kappa shape index (κ3) is 8.29. The number of nitrogens with one attached hydrogen (secondary N) is 2. The lowest BCUT2D eigenvalue weighted by molar-refractivity contribution is -0.156. The second-order valence-electron chi connectivity index (χ2n) is 9.76. The summed E-state index contributed by atoms with van der Waals surface area (Å²) >= 11 is 1.15. The minimum Gasteiger partial charge on any atom is -0.464 e. The van der Waals surface area contributed by atoms with Crippen molar-refractivity contribution in [2.75, 3.05) is 13.2 Å². The van der Waals surface area contributed by atoms with Gasteiger partial charge in [0.25, 0.3) is 10.0 Å². The van der Waals surface area contributed by atoms with Crippen LogP contribution in [0.15, 0.2) is 34.5 Å². The number of thiophene rings is 1. The quantitative estimate of drug-likeness (QED) is 0.364.